The fourth-order valence-electron chi connectivity index (χ4n) is 1.16. The lowest BCUT2D eigenvalue weighted by atomic mass is 9.89. The van der Waals surface area contributed by atoms with Gasteiger partial charge < -0.3 is 0 Å². The Morgan fingerprint density at radius 3 is 2.08 bits per heavy atom. The predicted octanol–water partition coefficient (Wildman–Crippen LogP) is 4.11. The standard InChI is InChI=1S/C12H20/c1-7-8-12(5,6)9-11(4)10(2)3/h7-9H,2H2,1,3-6H3. The summed E-state index contributed by atoms with van der Waals surface area (Å²) in [5.74, 6) is 0. The number of rotatable bonds is 3. The third-order valence-corrected chi connectivity index (χ3v) is 1.86. The summed E-state index contributed by atoms with van der Waals surface area (Å²) < 4.78 is 0. The maximum Gasteiger partial charge on any atom is 0.00101 e. The molecule has 0 radical (unpaired) electrons. The number of hydrogen-bond acceptors (Lipinski definition) is 0. The molecule has 12 heavy (non-hydrogen) atoms. The van der Waals surface area contributed by atoms with E-state index < -0.39 is 0 Å². The van der Waals surface area contributed by atoms with Gasteiger partial charge in [-0.15, -0.1) is 0 Å². The van der Waals surface area contributed by atoms with E-state index >= 15 is 0 Å². The van der Waals surface area contributed by atoms with Crippen molar-refractivity contribution in [3.8, 4) is 0 Å². The summed E-state index contributed by atoms with van der Waals surface area (Å²) in [6, 6.07) is 0. The summed E-state index contributed by atoms with van der Waals surface area (Å²) in [7, 11) is 0. The highest BCUT2D eigenvalue weighted by atomic mass is 14.1. The Bertz CT molecular complexity index is 214. The van der Waals surface area contributed by atoms with Crippen LogP contribution in [0.1, 0.15) is 34.6 Å². The van der Waals surface area contributed by atoms with E-state index in [0.717, 1.165) is 5.57 Å². The normalized spacial score (nSPS) is 13.9. The van der Waals surface area contributed by atoms with Gasteiger partial charge in [-0.25, -0.2) is 0 Å². The van der Waals surface area contributed by atoms with Crippen molar-refractivity contribution in [3.63, 3.8) is 0 Å². The quantitative estimate of drug-likeness (QED) is 0.435. The molecular weight excluding hydrogens is 144 g/mol. The monoisotopic (exact) mass is 164 g/mol. The van der Waals surface area contributed by atoms with Gasteiger partial charge in [0.1, 0.15) is 0 Å². The van der Waals surface area contributed by atoms with Crippen LogP contribution in [0.4, 0.5) is 0 Å². The third kappa shape index (κ3) is 4.17. The molecular formula is C12H20. The Balaban J connectivity index is 4.61. The zero-order valence-corrected chi connectivity index (χ0v) is 8.94. The minimum atomic E-state index is 0.151. The van der Waals surface area contributed by atoms with E-state index in [1.807, 2.05) is 13.8 Å². The number of allylic oxidation sites excluding steroid dienone is 5. The van der Waals surface area contributed by atoms with Gasteiger partial charge in [-0.05, 0) is 20.8 Å². The van der Waals surface area contributed by atoms with Gasteiger partial charge in [-0.1, -0.05) is 49.8 Å². The summed E-state index contributed by atoms with van der Waals surface area (Å²) in [5, 5.41) is 0. The van der Waals surface area contributed by atoms with Crippen molar-refractivity contribution >= 4 is 0 Å². The maximum absolute atomic E-state index is 3.91. The van der Waals surface area contributed by atoms with Crippen molar-refractivity contribution in [2.45, 2.75) is 34.6 Å². The molecule has 0 aliphatic rings. The van der Waals surface area contributed by atoms with Crippen LogP contribution in [-0.2, 0) is 0 Å². The molecule has 0 amide bonds. The smallest absolute Gasteiger partial charge is 0.00101 e. The van der Waals surface area contributed by atoms with Crippen LogP contribution in [0.3, 0.4) is 0 Å². The van der Waals surface area contributed by atoms with Crippen molar-refractivity contribution in [2.75, 3.05) is 0 Å². The van der Waals surface area contributed by atoms with Crippen molar-refractivity contribution in [2.24, 2.45) is 5.41 Å². The van der Waals surface area contributed by atoms with E-state index in [1.54, 1.807) is 0 Å². The Hall–Kier alpha value is -0.780. The topological polar surface area (TPSA) is 0 Å². The van der Waals surface area contributed by atoms with Gasteiger partial charge in [0.25, 0.3) is 0 Å². The van der Waals surface area contributed by atoms with E-state index in [0.29, 0.717) is 0 Å². The molecule has 0 fully saturated rings. The molecule has 0 rings (SSSR count). The molecule has 0 atom stereocenters. The van der Waals surface area contributed by atoms with Crippen LogP contribution < -0.4 is 0 Å². The SMILES string of the molecule is C=C(C)C(C)=CC(C)(C)C=CC. The molecule has 0 heteroatoms. The van der Waals surface area contributed by atoms with Crippen LogP contribution >= 0.6 is 0 Å². The van der Waals surface area contributed by atoms with Gasteiger partial charge in [0.15, 0.2) is 0 Å². The van der Waals surface area contributed by atoms with Gasteiger partial charge in [-0.2, -0.15) is 0 Å². The van der Waals surface area contributed by atoms with Crippen molar-refractivity contribution in [1.29, 1.82) is 0 Å². The second kappa shape index (κ2) is 4.30. The molecule has 0 aliphatic carbocycles. The first-order valence-corrected chi connectivity index (χ1v) is 4.38. The highest BCUT2D eigenvalue weighted by Crippen LogP contribution is 2.22. The first kappa shape index (κ1) is 11.2. The lowest BCUT2D eigenvalue weighted by Crippen LogP contribution is -2.03. The Kier molecular flexibility index (Phi) is 4.02. The predicted molar refractivity (Wildman–Crippen MR) is 57.2 cm³/mol. The lowest BCUT2D eigenvalue weighted by molar-refractivity contribution is 0.620. The van der Waals surface area contributed by atoms with E-state index in [1.165, 1.54) is 5.57 Å². The van der Waals surface area contributed by atoms with E-state index in [4.69, 9.17) is 0 Å². The van der Waals surface area contributed by atoms with E-state index in [2.05, 4.69) is 45.6 Å². The largest absolute Gasteiger partial charge is 0.0959 e. The molecule has 0 aliphatic heterocycles. The second-order valence-electron chi connectivity index (χ2n) is 3.93. The molecule has 0 aromatic carbocycles. The Labute approximate surface area is 76.7 Å². The summed E-state index contributed by atoms with van der Waals surface area (Å²) in [6.07, 6.45) is 6.52. The van der Waals surface area contributed by atoms with Gasteiger partial charge in [0.2, 0.25) is 0 Å². The zero-order valence-electron chi connectivity index (χ0n) is 8.94. The lowest BCUT2D eigenvalue weighted by Gasteiger charge is -2.16. The second-order valence-corrected chi connectivity index (χ2v) is 3.93. The Morgan fingerprint density at radius 2 is 1.75 bits per heavy atom. The molecule has 68 valence electrons. The molecule has 0 heterocycles. The molecule has 0 aromatic heterocycles. The van der Waals surface area contributed by atoms with Crippen LogP contribution in [0.5, 0.6) is 0 Å². The molecule has 0 saturated heterocycles. The summed E-state index contributed by atoms with van der Waals surface area (Å²) in [6.45, 7) is 14.5. The molecule has 0 nitrogen and oxygen atoms in total. The van der Waals surface area contributed by atoms with Gasteiger partial charge in [0, 0.05) is 5.41 Å². The first-order chi connectivity index (χ1) is 5.39. The molecule has 0 saturated carbocycles. The maximum atomic E-state index is 3.91. The van der Waals surface area contributed by atoms with Gasteiger partial charge in [0.05, 0.1) is 0 Å². The van der Waals surface area contributed by atoms with Crippen LogP contribution in [0, 0.1) is 5.41 Å². The van der Waals surface area contributed by atoms with Crippen LogP contribution in [0.25, 0.3) is 0 Å². The highest BCUT2D eigenvalue weighted by molar-refractivity contribution is 5.27. The molecule has 0 bridgehead atoms. The van der Waals surface area contributed by atoms with Crippen LogP contribution in [-0.4, -0.2) is 0 Å². The summed E-state index contributed by atoms with van der Waals surface area (Å²) in [4.78, 5) is 0. The van der Waals surface area contributed by atoms with Crippen molar-refractivity contribution in [3.05, 3.63) is 36.0 Å². The highest BCUT2D eigenvalue weighted by Gasteiger charge is 2.09. The Morgan fingerprint density at radius 1 is 1.25 bits per heavy atom. The minimum absolute atomic E-state index is 0.151. The third-order valence-electron chi connectivity index (χ3n) is 1.86. The van der Waals surface area contributed by atoms with Crippen LogP contribution in [0.2, 0.25) is 0 Å². The van der Waals surface area contributed by atoms with Crippen molar-refractivity contribution in [1.82, 2.24) is 0 Å². The van der Waals surface area contributed by atoms with E-state index in [-0.39, 0.29) is 5.41 Å². The summed E-state index contributed by atoms with van der Waals surface area (Å²) >= 11 is 0. The first-order valence-electron chi connectivity index (χ1n) is 4.38. The number of hydrogen-bond donors (Lipinski definition) is 0. The fraction of sp³-hybridized carbons (Fsp3) is 0.500. The van der Waals surface area contributed by atoms with Gasteiger partial charge in [-0.3, -0.25) is 0 Å². The average Bonchev–Trinajstić information content (AvgIpc) is 1.85. The zero-order chi connectivity index (χ0) is 9.78. The van der Waals surface area contributed by atoms with E-state index in [9.17, 15) is 0 Å². The average molecular weight is 164 g/mol. The summed E-state index contributed by atoms with van der Waals surface area (Å²) in [5.41, 5.74) is 2.57. The van der Waals surface area contributed by atoms with Crippen molar-refractivity contribution < 1.29 is 0 Å². The molecule has 0 N–H and O–H groups in total. The van der Waals surface area contributed by atoms with Crippen LogP contribution in [0.15, 0.2) is 36.0 Å². The fourth-order valence-corrected chi connectivity index (χ4v) is 1.16. The van der Waals surface area contributed by atoms with Gasteiger partial charge >= 0.3 is 0 Å². The molecule has 0 aromatic rings. The molecule has 0 unspecified atom stereocenters. The minimum Gasteiger partial charge on any atom is -0.0959 e. The molecule has 0 spiro atoms.